The van der Waals surface area contributed by atoms with E-state index >= 15 is 0 Å². The van der Waals surface area contributed by atoms with Crippen molar-refractivity contribution in [2.45, 2.75) is 37.0 Å². The highest BCUT2D eigenvalue weighted by Gasteiger charge is 2.66. The summed E-state index contributed by atoms with van der Waals surface area (Å²) in [5.74, 6) is -4.03. The number of hydrogen-bond donors (Lipinski definition) is 2. The van der Waals surface area contributed by atoms with E-state index in [1.807, 2.05) is 0 Å². The van der Waals surface area contributed by atoms with Gasteiger partial charge in [-0.15, -0.1) is 4.91 Å². The molecule has 0 unspecified atom stereocenters. The first-order valence-corrected chi connectivity index (χ1v) is 10.4. The average molecular weight is 434 g/mol. The number of aliphatic carboxylic acids is 1. The minimum atomic E-state index is -1.85. The predicted molar refractivity (Wildman–Crippen MR) is 102 cm³/mol. The summed E-state index contributed by atoms with van der Waals surface area (Å²) in [5, 5.41) is 22.2. The number of benzene rings is 1. The maximum absolute atomic E-state index is 13.4. The van der Waals surface area contributed by atoms with Crippen LogP contribution in [-0.4, -0.2) is 69.8 Å². The molecule has 1 aromatic carbocycles. The average Bonchev–Trinajstić information content (AvgIpc) is 2.88. The summed E-state index contributed by atoms with van der Waals surface area (Å²) in [4.78, 5) is 51.4. The van der Waals surface area contributed by atoms with Crippen LogP contribution >= 0.6 is 0 Å². The number of carbonyl (C=O) groups excluding carboxylic acids is 2. The van der Waals surface area contributed by atoms with E-state index in [4.69, 9.17) is 0 Å². The zero-order valence-electron chi connectivity index (χ0n) is 16.0. The number of hydrogen-bond acceptors (Lipinski definition) is 7. The first-order chi connectivity index (χ1) is 14.1. The molecule has 30 heavy (non-hydrogen) atoms. The molecule has 0 aliphatic carbocycles. The summed E-state index contributed by atoms with van der Waals surface area (Å²) in [6.07, 6.45) is 0. The third kappa shape index (κ3) is 2.49. The van der Waals surface area contributed by atoms with Crippen LogP contribution in [0.2, 0.25) is 0 Å². The van der Waals surface area contributed by atoms with Gasteiger partial charge in [-0.3, -0.25) is 18.7 Å². The number of carbonyl (C=O) groups is 3. The van der Waals surface area contributed by atoms with Gasteiger partial charge in [-0.1, -0.05) is 30.3 Å². The van der Waals surface area contributed by atoms with Gasteiger partial charge in [0.05, 0.1) is 21.8 Å². The number of nitrogens with zero attached hydrogens (tertiary/aromatic N) is 4. The summed E-state index contributed by atoms with van der Waals surface area (Å²) < 4.78 is 12.7. The second-order valence-electron chi connectivity index (χ2n) is 7.61. The van der Waals surface area contributed by atoms with E-state index in [1.54, 1.807) is 30.3 Å². The van der Waals surface area contributed by atoms with Crippen LogP contribution in [0.25, 0.3) is 0 Å². The first-order valence-electron chi connectivity index (χ1n) is 8.99. The third-order valence-electron chi connectivity index (χ3n) is 5.63. The Balaban J connectivity index is 1.77. The molecule has 2 fully saturated rings. The van der Waals surface area contributed by atoms with Crippen LogP contribution in [-0.2, 0) is 25.2 Å². The van der Waals surface area contributed by atoms with Crippen LogP contribution in [0, 0.1) is 4.91 Å². The molecular formula is C18H18N4O7S. The van der Waals surface area contributed by atoms with Crippen LogP contribution in [0.3, 0.4) is 0 Å². The molecule has 1 aromatic rings. The minimum absolute atomic E-state index is 0.452. The summed E-state index contributed by atoms with van der Waals surface area (Å²) in [7, 11) is -1.85. The quantitative estimate of drug-likeness (QED) is 0.512. The fraction of sp³-hybridized carbons (Fsp3) is 0.389. The van der Waals surface area contributed by atoms with Crippen molar-refractivity contribution in [2.24, 2.45) is 5.29 Å². The van der Waals surface area contributed by atoms with Crippen molar-refractivity contribution in [3.05, 3.63) is 52.3 Å². The SMILES string of the molecule is CC1(C)N(N=O)[C@H](c2ccccc2)C(=O)N1[C@@H]1C(=O)N2C(C(=O)O)=C(O)C[S@](=O)[C@H]12. The smallest absolute Gasteiger partial charge is 0.356 e. The third-order valence-corrected chi connectivity index (χ3v) is 7.19. The van der Waals surface area contributed by atoms with Gasteiger partial charge in [0.2, 0.25) is 0 Å². The van der Waals surface area contributed by atoms with Gasteiger partial charge in [0.15, 0.2) is 11.7 Å². The number of nitroso groups, excluding NO2 is 1. The van der Waals surface area contributed by atoms with Gasteiger partial charge in [0, 0.05) is 0 Å². The number of aliphatic hydroxyl groups is 1. The van der Waals surface area contributed by atoms with Crippen LogP contribution in [0.4, 0.5) is 0 Å². The van der Waals surface area contributed by atoms with Crippen molar-refractivity contribution < 1.29 is 28.8 Å². The molecule has 3 aliphatic rings. The number of aliphatic hydroxyl groups excluding tert-OH is 1. The Labute approximate surface area is 172 Å². The van der Waals surface area contributed by atoms with E-state index in [0.29, 0.717) is 5.56 Å². The lowest BCUT2D eigenvalue weighted by atomic mass is 9.99. The highest BCUT2D eigenvalue weighted by molar-refractivity contribution is 7.86. The standard InChI is InChI=1S/C18H18N4O7S/c1-18(2)21(15(25)11(22(18)19-28)9-6-4-3-5-7-9)13-14(24)20-12(17(26)27)10(23)8-30(29)16(13)20/h3-7,11,13,16,23H,8H2,1-2H3,(H,26,27)/t11-,13-,16-,30+/m1/s1. The minimum Gasteiger partial charge on any atom is -0.509 e. The summed E-state index contributed by atoms with van der Waals surface area (Å²) in [6, 6.07) is 6.10. The topological polar surface area (TPSA) is 148 Å². The fourth-order valence-electron chi connectivity index (χ4n) is 4.32. The zero-order chi connectivity index (χ0) is 22.0. The molecule has 0 radical (unpaired) electrons. The summed E-state index contributed by atoms with van der Waals surface area (Å²) >= 11 is 0. The predicted octanol–water partition coefficient (Wildman–Crippen LogP) is 0.443. The zero-order valence-corrected chi connectivity index (χ0v) is 16.8. The monoisotopic (exact) mass is 434 g/mol. The lowest BCUT2D eigenvalue weighted by Crippen LogP contribution is -2.76. The van der Waals surface area contributed by atoms with E-state index < -0.39 is 68.9 Å². The first kappa shape index (κ1) is 20.0. The number of carboxylic acid groups (broad SMARTS) is 1. The lowest BCUT2D eigenvalue weighted by molar-refractivity contribution is -0.164. The van der Waals surface area contributed by atoms with Crippen molar-refractivity contribution in [1.29, 1.82) is 0 Å². The Kier molecular flexibility index (Phi) is 4.42. The van der Waals surface area contributed by atoms with Crippen LogP contribution < -0.4 is 0 Å². The molecular weight excluding hydrogens is 416 g/mol. The van der Waals surface area contributed by atoms with Crippen LogP contribution in [0.5, 0.6) is 0 Å². The molecule has 12 heteroatoms. The highest BCUT2D eigenvalue weighted by Crippen LogP contribution is 2.47. The van der Waals surface area contributed by atoms with E-state index in [9.17, 15) is 33.7 Å². The molecule has 4 rings (SSSR count). The molecule has 0 bridgehead atoms. The van der Waals surface area contributed by atoms with Gasteiger partial charge in [-0.05, 0) is 19.4 Å². The number of carboxylic acids is 1. The summed E-state index contributed by atoms with van der Waals surface area (Å²) in [5.41, 5.74) is -1.49. The van der Waals surface area contributed by atoms with E-state index in [0.717, 1.165) is 14.8 Å². The van der Waals surface area contributed by atoms with Crippen molar-refractivity contribution >= 4 is 28.6 Å². The Hall–Kier alpha value is -3.28. The maximum Gasteiger partial charge on any atom is 0.356 e. The highest BCUT2D eigenvalue weighted by atomic mass is 32.2. The molecule has 3 aliphatic heterocycles. The number of fused-ring (bicyclic) bond motifs is 1. The number of amides is 2. The van der Waals surface area contributed by atoms with Crippen molar-refractivity contribution in [1.82, 2.24) is 14.8 Å². The van der Waals surface area contributed by atoms with Crippen molar-refractivity contribution in [2.75, 3.05) is 5.75 Å². The molecule has 0 aromatic heterocycles. The molecule has 4 atom stereocenters. The molecule has 11 nitrogen and oxygen atoms in total. The molecule has 2 N–H and O–H groups in total. The Bertz CT molecular complexity index is 1020. The largest absolute Gasteiger partial charge is 0.509 e. The van der Waals surface area contributed by atoms with Gasteiger partial charge in [-0.25, -0.2) is 9.80 Å². The molecule has 0 spiro atoms. The number of β-lactam (4-membered cyclic amide) rings is 1. The van der Waals surface area contributed by atoms with Crippen molar-refractivity contribution in [3.63, 3.8) is 0 Å². The molecule has 2 saturated heterocycles. The van der Waals surface area contributed by atoms with Gasteiger partial charge >= 0.3 is 5.97 Å². The molecule has 158 valence electrons. The lowest BCUT2D eigenvalue weighted by Gasteiger charge is -2.53. The maximum atomic E-state index is 13.4. The van der Waals surface area contributed by atoms with E-state index in [-0.39, 0.29) is 0 Å². The second kappa shape index (κ2) is 6.62. The van der Waals surface area contributed by atoms with Crippen LogP contribution in [0.15, 0.2) is 47.1 Å². The van der Waals surface area contributed by atoms with Gasteiger partial charge in [0.1, 0.15) is 22.8 Å². The molecule has 0 saturated carbocycles. The second-order valence-corrected chi connectivity index (χ2v) is 9.14. The van der Waals surface area contributed by atoms with Crippen molar-refractivity contribution in [3.8, 4) is 0 Å². The summed E-state index contributed by atoms with van der Waals surface area (Å²) in [6.45, 7) is 3.06. The van der Waals surface area contributed by atoms with E-state index in [2.05, 4.69) is 5.29 Å². The van der Waals surface area contributed by atoms with Gasteiger partial charge in [0.25, 0.3) is 11.8 Å². The van der Waals surface area contributed by atoms with Crippen LogP contribution in [0.1, 0.15) is 25.5 Å². The Morgan fingerprint density at radius 1 is 1.20 bits per heavy atom. The molecule has 2 amide bonds. The normalized spacial score (nSPS) is 30.3. The fourth-order valence-corrected chi connectivity index (χ4v) is 5.86. The Morgan fingerprint density at radius 3 is 2.40 bits per heavy atom. The Morgan fingerprint density at radius 2 is 1.83 bits per heavy atom. The molecule has 3 heterocycles. The number of rotatable bonds is 4. The van der Waals surface area contributed by atoms with Gasteiger partial charge < -0.3 is 15.1 Å². The van der Waals surface area contributed by atoms with Gasteiger partial charge in [-0.2, -0.15) is 0 Å². The van der Waals surface area contributed by atoms with E-state index in [1.165, 1.54) is 13.8 Å².